The fraction of sp³-hybridized carbons (Fsp3) is 0.714. The van der Waals surface area contributed by atoms with Crippen LogP contribution in [0, 0.1) is 0 Å². The first kappa shape index (κ1) is 7.70. The van der Waals surface area contributed by atoms with Gasteiger partial charge in [-0.1, -0.05) is 5.16 Å². The Morgan fingerprint density at radius 2 is 2.67 bits per heavy atom. The van der Waals surface area contributed by atoms with E-state index in [9.17, 15) is 5.11 Å². The molecule has 0 aliphatic carbocycles. The Morgan fingerprint density at radius 1 is 1.75 bits per heavy atom. The maximum Gasteiger partial charge on any atom is 0.240 e. The monoisotopic (exact) mass is 169 g/mol. The summed E-state index contributed by atoms with van der Waals surface area (Å²) in [5.41, 5.74) is 0. The Labute approximate surface area is 70.0 Å². The zero-order chi connectivity index (χ0) is 8.39. The van der Waals surface area contributed by atoms with Crippen molar-refractivity contribution in [2.45, 2.75) is 19.1 Å². The molecule has 1 aromatic heterocycles. The average molecular weight is 169 g/mol. The fourth-order valence-electron chi connectivity index (χ4n) is 1.41. The van der Waals surface area contributed by atoms with Crippen molar-refractivity contribution in [3.8, 4) is 0 Å². The van der Waals surface area contributed by atoms with Gasteiger partial charge in [0.1, 0.15) is 0 Å². The number of likely N-dealkylation sites (tertiary alicyclic amines) is 1. The number of hydrogen-bond acceptors (Lipinski definition) is 5. The Bertz CT molecular complexity index is 237. The van der Waals surface area contributed by atoms with E-state index in [-0.39, 0.29) is 6.10 Å². The van der Waals surface area contributed by atoms with E-state index in [2.05, 4.69) is 15.0 Å². The molecular weight excluding hydrogens is 158 g/mol. The third-order valence-corrected chi connectivity index (χ3v) is 2.01. The lowest BCUT2D eigenvalue weighted by atomic mass is 10.3. The van der Waals surface area contributed by atoms with Crippen LogP contribution in [0.4, 0.5) is 0 Å². The quantitative estimate of drug-likeness (QED) is 0.654. The zero-order valence-corrected chi connectivity index (χ0v) is 6.68. The van der Waals surface area contributed by atoms with Gasteiger partial charge in [-0.05, 0) is 6.42 Å². The molecule has 5 heteroatoms. The first-order valence-corrected chi connectivity index (χ1v) is 4.00. The summed E-state index contributed by atoms with van der Waals surface area (Å²) in [5, 5.41) is 12.7. The Kier molecular flexibility index (Phi) is 2.05. The van der Waals surface area contributed by atoms with Crippen LogP contribution in [0.5, 0.6) is 0 Å². The Morgan fingerprint density at radius 3 is 3.25 bits per heavy atom. The SMILES string of the molecule is OC1CCN(Cc2ncno2)C1. The van der Waals surface area contributed by atoms with Gasteiger partial charge in [-0.2, -0.15) is 4.98 Å². The van der Waals surface area contributed by atoms with Crippen molar-refractivity contribution in [3.63, 3.8) is 0 Å². The molecule has 1 saturated heterocycles. The minimum Gasteiger partial charge on any atom is -0.392 e. The van der Waals surface area contributed by atoms with E-state index < -0.39 is 0 Å². The molecule has 1 fully saturated rings. The highest BCUT2D eigenvalue weighted by molar-refractivity contribution is 4.80. The molecule has 1 aliphatic heterocycles. The topological polar surface area (TPSA) is 62.4 Å². The van der Waals surface area contributed by atoms with E-state index in [1.54, 1.807) is 0 Å². The van der Waals surface area contributed by atoms with E-state index >= 15 is 0 Å². The van der Waals surface area contributed by atoms with Crippen LogP contribution in [0.2, 0.25) is 0 Å². The molecule has 1 atom stereocenters. The first-order chi connectivity index (χ1) is 5.84. The Hall–Kier alpha value is -0.940. The third-order valence-electron chi connectivity index (χ3n) is 2.01. The van der Waals surface area contributed by atoms with Gasteiger partial charge in [-0.3, -0.25) is 4.90 Å². The van der Waals surface area contributed by atoms with Crippen molar-refractivity contribution in [2.24, 2.45) is 0 Å². The molecule has 5 nitrogen and oxygen atoms in total. The van der Waals surface area contributed by atoms with E-state index in [4.69, 9.17) is 4.52 Å². The van der Waals surface area contributed by atoms with Crippen LogP contribution < -0.4 is 0 Å². The standard InChI is InChI=1S/C7H11N3O2/c11-6-1-2-10(3-6)4-7-8-5-9-12-7/h5-6,11H,1-4H2. The lowest BCUT2D eigenvalue weighted by Crippen LogP contribution is -2.21. The number of aromatic nitrogens is 2. The van der Waals surface area contributed by atoms with Crippen molar-refractivity contribution >= 4 is 0 Å². The van der Waals surface area contributed by atoms with Crippen molar-refractivity contribution in [1.29, 1.82) is 0 Å². The van der Waals surface area contributed by atoms with Crippen LogP contribution in [0.25, 0.3) is 0 Å². The summed E-state index contributed by atoms with van der Waals surface area (Å²) in [6.07, 6.45) is 2.05. The molecule has 0 spiro atoms. The lowest BCUT2D eigenvalue weighted by molar-refractivity contribution is 0.169. The molecule has 0 aromatic carbocycles. The van der Waals surface area contributed by atoms with Crippen molar-refractivity contribution in [3.05, 3.63) is 12.2 Å². The molecule has 1 unspecified atom stereocenters. The summed E-state index contributed by atoms with van der Waals surface area (Å²) in [6, 6.07) is 0. The lowest BCUT2D eigenvalue weighted by Gasteiger charge is -2.10. The second kappa shape index (κ2) is 3.20. The second-order valence-corrected chi connectivity index (χ2v) is 3.01. The van der Waals surface area contributed by atoms with Crippen molar-refractivity contribution in [1.82, 2.24) is 15.0 Å². The van der Waals surface area contributed by atoms with Gasteiger partial charge in [0, 0.05) is 13.1 Å². The maximum atomic E-state index is 9.22. The van der Waals surface area contributed by atoms with Crippen LogP contribution in [0.1, 0.15) is 12.3 Å². The molecule has 0 bridgehead atoms. The molecule has 2 rings (SSSR count). The van der Waals surface area contributed by atoms with Gasteiger partial charge in [0.15, 0.2) is 6.33 Å². The van der Waals surface area contributed by atoms with E-state index in [0.717, 1.165) is 13.0 Å². The number of rotatable bonds is 2. The Balaban J connectivity index is 1.88. The third kappa shape index (κ3) is 1.62. The molecule has 1 aromatic rings. The zero-order valence-electron chi connectivity index (χ0n) is 6.68. The van der Waals surface area contributed by atoms with Gasteiger partial charge in [0.05, 0.1) is 12.6 Å². The molecule has 0 radical (unpaired) electrons. The predicted molar refractivity (Wildman–Crippen MR) is 40.2 cm³/mol. The summed E-state index contributed by atoms with van der Waals surface area (Å²) >= 11 is 0. The molecule has 2 heterocycles. The van der Waals surface area contributed by atoms with Gasteiger partial charge >= 0.3 is 0 Å². The van der Waals surface area contributed by atoms with Gasteiger partial charge in [-0.25, -0.2) is 0 Å². The molecule has 0 amide bonds. The number of hydrogen-bond donors (Lipinski definition) is 1. The minimum absolute atomic E-state index is 0.187. The summed E-state index contributed by atoms with van der Waals surface area (Å²) in [4.78, 5) is 6.00. The summed E-state index contributed by atoms with van der Waals surface area (Å²) < 4.78 is 4.85. The summed E-state index contributed by atoms with van der Waals surface area (Å²) in [6.45, 7) is 2.27. The number of β-amino-alcohol motifs (C(OH)–C–C–N with tert-alkyl or cyclic N) is 1. The number of aliphatic hydroxyl groups excluding tert-OH is 1. The average Bonchev–Trinajstić information content (AvgIpc) is 2.63. The van der Waals surface area contributed by atoms with Crippen molar-refractivity contribution < 1.29 is 9.63 Å². The van der Waals surface area contributed by atoms with Gasteiger partial charge in [0.2, 0.25) is 5.89 Å². The fourth-order valence-corrected chi connectivity index (χ4v) is 1.41. The van der Waals surface area contributed by atoms with Crippen LogP contribution >= 0.6 is 0 Å². The highest BCUT2D eigenvalue weighted by Crippen LogP contribution is 2.11. The van der Waals surface area contributed by atoms with Crippen LogP contribution in [-0.2, 0) is 6.54 Å². The molecule has 1 aliphatic rings. The molecule has 12 heavy (non-hydrogen) atoms. The van der Waals surface area contributed by atoms with Crippen LogP contribution in [0.15, 0.2) is 10.9 Å². The number of aliphatic hydroxyl groups is 1. The second-order valence-electron chi connectivity index (χ2n) is 3.01. The maximum absolute atomic E-state index is 9.22. The van der Waals surface area contributed by atoms with Crippen molar-refractivity contribution in [2.75, 3.05) is 13.1 Å². The highest BCUT2D eigenvalue weighted by Gasteiger charge is 2.21. The van der Waals surface area contributed by atoms with Gasteiger partial charge < -0.3 is 9.63 Å². The van der Waals surface area contributed by atoms with E-state index in [0.29, 0.717) is 19.0 Å². The van der Waals surface area contributed by atoms with E-state index in [1.807, 2.05) is 0 Å². The molecular formula is C7H11N3O2. The smallest absolute Gasteiger partial charge is 0.240 e. The van der Waals surface area contributed by atoms with Gasteiger partial charge in [-0.15, -0.1) is 0 Å². The van der Waals surface area contributed by atoms with Crippen LogP contribution in [0.3, 0.4) is 0 Å². The first-order valence-electron chi connectivity index (χ1n) is 4.00. The van der Waals surface area contributed by atoms with E-state index in [1.165, 1.54) is 6.33 Å². The minimum atomic E-state index is -0.187. The molecule has 0 saturated carbocycles. The largest absolute Gasteiger partial charge is 0.392 e. The van der Waals surface area contributed by atoms with Gasteiger partial charge in [0.25, 0.3) is 0 Å². The summed E-state index contributed by atoms with van der Waals surface area (Å²) in [7, 11) is 0. The predicted octanol–water partition coefficient (Wildman–Crippen LogP) is -0.364. The number of nitrogens with zero attached hydrogens (tertiary/aromatic N) is 3. The highest BCUT2D eigenvalue weighted by atomic mass is 16.5. The summed E-state index contributed by atoms with van der Waals surface area (Å²) in [5.74, 6) is 0.615. The molecule has 1 N–H and O–H groups in total. The van der Waals surface area contributed by atoms with Crippen LogP contribution in [-0.4, -0.2) is 39.3 Å². The normalized spacial score (nSPS) is 24.9. The molecule has 66 valence electrons.